The van der Waals surface area contributed by atoms with Gasteiger partial charge in [0, 0.05) is 26.7 Å². The summed E-state index contributed by atoms with van der Waals surface area (Å²) in [5, 5.41) is 3.50. The maximum Gasteiger partial charge on any atom is 0.308 e. The van der Waals surface area contributed by atoms with Crippen LogP contribution in [0.2, 0.25) is 0 Å². The van der Waals surface area contributed by atoms with Gasteiger partial charge in [-0.15, -0.1) is 24.0 Å². The first-order chi connectivity index (χ1) is 11.1. The monoisotopic (exact) mass is 452 g/mol. The van der Waals surface area contributed by atoms with Gasteiger partial charge in [-0.3, -0.25) is 9.79 Å². The highest BCUT2D eigenvalue weighted by Crippen LogP contribution is 2.20. The van der Waals surface area contributed by atoms with Crippen LogP contribution in [0.3, 0.4) is 0 Å². The van der Waals surface area contributed by atoms with Crippen LogP contribution in [-0.2, 0) is 9.53 Å². The molecule has 0 amide bonds. The minimum Gasteiger partial charge on any atom is -0.469 e. The Morgan fingerprint density at radius 2 is 1.79 bits per heavy atom. The minimum absolute atomic E-state index is 0. The Labute approximate surface area is 163 Å². The average molecular weight is 452 g/mol. The Hall–Kier alpha value is -0.570. The minimum atomic E-state index is -0.0742. The van der Waals surface area contributed by atoms with Crippen LogP contribution in [0.1, 0.15) is 32.1 Å². The normalized spacial score (nSPS) is 21.3. The number of nitrogens with zero attached hydrogens (tertiary/aromatic N) is 3. The van der Waals surface area contributed by atoms with Gasteiger partial charge in [0.15, 0.2) is 5.96 Å². The van der Waals surface area contributed by atoms with Crippen molar-refractivity contribution >= 4 is 35.9 Å². The Kier molecular flexibility index (Phi) is 9.95. The highest BCUT2D eigenvalue weighted by molar-refractivity contribution is 14.0. The first kappa shape index (κ1) is 21.5. The van der Waals surface area contributed by atoms with Crippen molar-refractivity contribution in [2.24, 2.45) is 16.8 Å². The van der Waals surface area contributed by atoms with Gasteiger partial charge >= 0.3 is 5.97 Å². The summed E-state index contributed by atoms with van der Waals surface area (Å²) in [6.07, 6.45) is 5.53. The molecule has 0 aliphatic carbocycles. The van der Waals surface area contributed by atoms with E-state index >= 15 is 0 Å². The van der Waals surface area contributed by atoms with Crippen molar-refractivity contribution in [2.75, 3.05) is 53.9 Å². The summed E-state index contributed by atoms with van der Waals surface area (Å²) in [6, 6.07) is 0. The number of carbonyl (C=O) groups is 1. The molecule has 2 heterocycles. The molecule has 2 rings (SSSR count). The van der Waals surface area contributed by atoms with Gasteiger partial charge in [-0.25, -0.2) is 0 Å². The molecule has 24 heavy (non-hydrogen) atoms. The smallest absolute Gasteiger partial charge is 0.308 e. The number of esters is 1. The van der Waals surface area contributed by atoms with Gasteiger partial charge in [0.1, 0.15) is 0 Å². The van der Waals surface area contributed by atoms with Gasteiger partial charge in [-0.2, -0.15) is 0 Å². The fourth-order valence-corrected chi connectivity index (χ4v) is 3.56. The molecule has 140 valence electrons. The van der Waals surface area contributed by atoms with Crippen LogP contribution in [0, 0.1) is 11.8 Å². The molecule has 0 saturated carbocycles. The SMILES string of the molecule is CN=C(NCCC1CCN(C)CC1)N1CCC(C(=O)OC)CC1.I. The van der Waals surface area contributed by atoms with Crippen molar-refractivity contribution in [1.29, 1.82) is 0 Å². The lowest BCUT2D eigenvalue weighted by Gasteiger charge is -2.33. The Morgan fingerprint density at radius 3 is 2.33 bits per heavy atom. The second kappa shape index (κ2) is 11.1. The number of rotatable bonds is 4. The zero-order valence-electron chi connectivity index (χ0n) is 15.3. The predicted octanol–water partition coefficient (Wildman–Crippen LogP) is 1.80. The van der Waals surface area contributed by atoms with E-state index in [1.165, 1.54) is 39.5 Å². The summed E-state index contributed by atoms with van der Waals surface area (Å²) in [5.41, 5.74) is 0. The van der Waals surface area contributed by atoms with Crippen LogP contribution in [0.25, 0.3) is 0 Å². The van der Waals surface area contributed by atoms with E-state index < -0.39 is 0 Å². The summed E-state index contributed by atoms with van der Waals surface area (Å²) < 4.78 is 4.84. The van der Waals surface area contributed by atoms with Crippen molar-refractivity contribution in [1.82, 2.24) is 15.1 Å². The Bertz CT molecular complexity index is 403. The van der Waals surface area contributed by atoms with Crippen LogP contribution in [0.4, 0.5) is 0 Å². The molecule has 0 atom stereocenters. The van der Waals surface area contributed by atoms with Crippen LogP contribution in [-0.4, -0.2) is 75.7 Å². The molecule has 2 aliphatic heterocycles. The lowest BCUT2D eigenvalue weighted by atomic mass is 9.94. The zero-order chi connectivity index (χ0) is 16.7. The average Bonchev–Trinajstić information content (AvgIpc) is 2.60. The summed E-state index contributed by atoms with van der Waals surface area (Å²) in [5.74, 6) is 1.78. The van der Waals surface area contributed by atoms with Crippen molar-refractivity contribution in [3.05, 3.63) is 0 Å². The zero-order valence-corrected chi connectivity index (χ0v) is 17.6. The number of piperidine rings is 2. The number of nitrogens with one attached hydrogen (secondary N) is 1. The fourth-order valence-electron chi connectivity index (χ4n) is 3.56. The van der Waals surface area contributed by atoms with Gasteiger partial charge < -0.3 is 19.9 Å². The third-order valence-electron chi connectivity index (χ3n) is 5.21. The van der Waals surface area contributed by atoms with Gasteiger partial charge in [0.2, 0.25) is 0 Å². The number of halogens is 1. The van der Waals surface area contributed by atoms with Crippen LogP contribution in [0.5, 0.6) is 0 Å². The standard InChI is InChI=1S/C17H32N4O2.HI/c1-18-17(19-9-4-14-5-10-20(2)11-6-14)21-12-7-15(8-13-21)16(22)23-3;/h14-15H,4-13H2,1-3H3,(H,18,19);1H. The first-order valence-electron chi connectivity index (χ1n) is 8.86. The number of hydrogen-bond acceptors (Lipinski definition) is 4. The second-order valence-electron chi connectivity index (χ2n) is 6.79. The van der Waals surface area contributed by atoms with Crippen molar-refractivity contribution < 1.29 is 9.53 Å². The molecule has 0 aromatic heterocycles. The highest BCUT2D eigenvalue weighted by atomic mass is 127. The van der Waals surface area contributed by atoms with E-state index in [9.17, 15) is 4.79 Å². The number of ether oxygens (including phenoxy) is 1. The third-order valence-corrected chi connectivity index (χ3v) is 5.21. The van der Waals surface area contributed by atoms with E-state index in [4.69, 9.17) is 4.74 Å². The van der Waals surface area contributed by atoms with E-state index in [-0.39, 0.29) is 35.9 Å². The second-order valence-corrected chi connectivity index (χ2v) is 6.79. The fraction of sp³-hybridized carbons (Fsp3) is 0.882. The van der Waals surface area contributed by atoms with E-state index in [0.29, 0.717) is 0 Å². The van der Waals surface area contributed by atoms with E-state index in [1.54, 1.807) is 0 Å². The van der Waals surface area contributed by atoms with Gasteiger partial charge in [-0.05, 0) is 58.2 Å². The largest absolute Gasteiger partial charge is 0.469 e. The Morgan fingerprint density at radius 1 is 1.17 bits per heavy atom. The summed E-state index contributed by atoms with van der Waals surface area (Å²) in [6.45, 7) is 5.17. The van der Waals surface area contributed by atoms with Crippen molar-refractivity contribution in [3.63, 3.8) is 0 Å². The summed E-state index contributed by atoms with van der Waals surface area (Å²) >= 11 is 0. The summed E-state index contributed by atoms with van der Waals surface area (Å²) in [7, 11) is 5.51. The molecule has 2 fully saturated rings. The quantitative estimate of drug-likeness (QED) is 0.305. The maximum absolute atomic E-state index is 11.6. The third kappa shape index (κ3) is 6.38. The molecule has 1 N–H and O–H groups in total. The van der Waals surface area contributed by atoms with Crippen LogP contribution < -0.4 is 5.32 Å². The van der Waals surface area contributed by atoms with Crippen molar-refractivity contribution in [2.45, 2.75) is 32.1 Å². The van der Waals surface area contributed by atoms with Gasteiger partial charge in [0.25, 0.3) is 0 Å². The molecular weight excluding hydrogens is 419 g/mol. The van der Waals surface area contributed by atoms with Crippen molar-refractivity contribution in [3.8, 4) is 0 Å². The molecule has 2 saturated heterocycles. The van der Waals surface area contributed by atoms with Gasteiger partial charge in [-0.1, -0.05) is 0 Å². The van der Waals surface area contributed by atoms with E-state index in [0.717, 1.165) is 44.4 Å². The number of guanidine groups is 1. The molecule has 0 bridgehead atoms. The number of likely N-dealkylation sites (tertiary alicyclic amines) is 2. The lowest BCUT2D eigenvalue weighted by Crippen LogP contribution is -2.47. The summed E-state index contributed by atoms with van der Waals surface area (Å²) in [4.78, 5) is 20.7. The molecule has 0 radical (unpaired) electrons. The first-order valence-corrected chi connectivity index (χ1v) is 8.86. The molecule has 2 aliphatic rings. The predicted molar refractivity (Wildman–Crippen MR) is 108 cm³/mol. The lowest BCUT2D eigenvalue weighted by molar-refractivity contribution is -0.146. The number of hydrogen-bond donors (Lipinski definition) is 1. The highest BCUT2D eigenvalue weighted by Gasteiger charge is 2.27. The number of aliphatic imine (C=N–C) groups is 1. The maximum atomic E-state index is 11.6. The molecule has 6 nitrogen and oxygen atoms in total. The topological polar surface area (TPSA) is 57.2 Å². The molecule has 0 unspecified atom stereocenters. The van der Waals surface area contributed by atoms with E-state index in [2.05, 4.69) is 27.2 Å². The Balaban J connectivity index is 0.00000288. The van der Waals surface area contributed by atoms with Crippen LogP contribution in [0.15, 0.2) is 4.99 Å². The molecule has 0 aromatic carbocycles. The number of carbonyl (C=O) groups excluding carboxylic acids is 1. The van der Waals surface area contributed by atoms with Gasteiger partial charge in [0.05, 0.1) is 13.0 Å². The molecule has 7 heteroatoms. The molecular formula is C17H33IN4O2. The van der Waals surface area contributed by atoms with Crippen LogP contribution >= 0.6 is 24.0 Å². The number of methoxy groups -OCH3 is 1. The molecule has 0 spiro atoms. The molecule has 0 aromatic rings. The van der Waals surface area contributed by atoms with E-state index in [1.807, 2.05) is 7.05 Å².